The summed E-state index contributed by atoms with van der Waals surface area (Å²) in [6.45, 7) is 4.99. The third kappa shape index (κ3) is 4.30. The number of ether oxygens (including phenoxy) is 1. The van der Waals surface area contributed by atoms with Gasteiger partial charge in [0.25, 0.3) is 5.91 Å². The van der Waals surface area contributed by atoms with Gasteiger partial charge in [0.05, 0.1) is 12.6 Å². The van der Waals surface area contributed by atoms with Crippen LogP contribution in [-0.4, -0.2) is 37.6 Å². The highest BCUT2D eigenvalue weighted by Gasteiger charge is 2.26. The second-order valence-corrected chi connectivity index (χ2v) is 6.51. The molecule has 2 heterocycles. The van der Waals surface area contributed by atoms with Crippen molar-refractivity contribution in [3.63, 3.8) is 0 Å². The van der Waals surface area contributed by atoms with Crippen LogP contribution in [-0.2, 0) is 11.3 Å². The van der Waals surface area contributed by atoms with Crippen molar-refractivity contribution in [1.29, 1.82) is 0 Å². The lowest BCUT2D eigenvalue weighted by atomic mass is 10.1. The fourth-order valence-corrected chi connectivity index (χ4v) is 3.40. The average molecular weight is 342 g/mol. The normalized spacial score (nSPS) is 16.1. The van der Waals surface area contributed by atoms with E-state index in [-0.39, 0.29) is 11.9 Å². The number of carbonyl (C=O) groups is 1. The summed E-state index contributed by atoms with van der Waals surface area (Å²) in [6.07, 6.45) is 2.39. The maximum atomic E-state index is 12.7. The maximum Gasteiger partial charge on any atom is 0.251 e. The van der Waals surface area contributed by atoms with E-state index < -0.39 is 0 Å². The molecule has 0 aliphatic carbocycles. The Morgan fingerprint density at radius 1 is 1.24 bits per heavy atom. The van der Waals surface area contributed by atoms with Crippen molar-refractivity contribution in [3.05, 3.63) is 59.0 Å². The highest BCUT2D eigenvalue weighted by Crippen LogP contribution is 2.26. The van der Waals surface area contributed by atoms with Gasteiger partial charge >= 0.3 is 0 Å². The van der Waals surface area contributed by atoms with Crippen molar-refractivity contribution in [2.75, 3.05) is 26.7 Å². The van der Waals surface area contributed by atoms with Crippen LogP contribution in [0.4, 0.5) is 0 Å². The molecule has 1 fully saturated rings. The smallest absolute Gasteiger partial charge is 0.251 e. The van der Waals surface area contributed by atoms with E-state index in [9.17, 15) is 4.79 Å². The van der Waals surface area contributed by atoms with Gasteiger partial charge in [-0.3, -0.25) is 9.69 Å². The third-order valence-electron chi connectivity index (χ3n) is 4.69. The van der Waals surface area contributed by atoms with E-state index in [0.717, 1.165) is 30.2 Å². The minimum absolute atomic E-state index is 0.0693. The standard InChI is InChI=1S/C20H26N2O3/c1-15-9-10-19(25-15)18(22-11-5-6-12-22)13-21-20(23)17-8-4-3-7-16(17)14-24-2/h3-4,7-10,18H,5-6,11-14H2,1-2H3,(H,21,23). The summed E-state index contributed by atoms with van der Waals surface area (Å²) in [5, 5.41) is 3.09. The molecule has 1 unspecified atom stereocenters. The van der Waals surface area contributed by atoms with Crippen LogP contribution in [0.25, 0.3) is 0 Å². The maximum absolute atomic E-state index is 12.7. The Morgan fingerprint density at radius 2 is 2.00 bits per heavy atom. The number of methoxy groups -OCH3 is 1. The van der Waals surface area contributed by atoms with E-state index in [2.05, 4.69) is 10.2 Å². The SMILES string of the molecule is COCc1ccccc1C(=O)NCC(c1ccc(C)o1)N1CCCC1. The molecule has 5 heteroatoms. The van der Waals surface area contributed by atoms with E-state index in [4.69, 9.17) is 9.15 Å². The van der Waals surface area contributed by atoms with E-state index in [1.165, 1.54) is 12.8 Å². The first-order valence-corrected chi connectivity index (χ1v) is 8.84. The van der Waals surface area contributed by atoms with E-state index in [1.54, 1.807) is 7.11 Å². The number of carbonyl (C=O) groups excluding carboxylic acids is 1. The summed E-state index contributed by atoms with van der Waals surface area (Å²) in [7, 11) is 1.64. The molecule has 0 bridgehead atoms. The zero-order valence-corrected chi connectivity index (χ0v) is 15.0. The molecule has 1 N–H and O–H groups in total. The van der Waals surface area contributed by atoms with Gasteiger partial charge in [0.2, 0.25) is 0 Å². The molecule has 1 aliphatic rings. The fraction of sp³-hybridized carbons (Fsp3) is 0.450. The van der Waals surface area contributed by atoms with Crippen LogP contribution in [0.1, 0.15) is 46.3 Å². The molecule has 134 valence electrons. The number of nitrogens with zero attached hydrogens (tertiary/aromatic N) is 1. The molecule has 1 aromatic heterocycles. The molecule has 1 aliphatic heterocycles. The molecule has 0 spiro atoms. The van der Waals surface area contributed by atoms with Crippen molar-refractivity contribution in [3.8, 4) is 0 Å². The Balaban J connectivity index is 1.71. The number of hydrogen-bond acceptors (Lipinski definition) is 4. The predicted octanol–water partition coefficient (Wildman–Crippen LogP) is 3.30. The van der Waals surface area contributed by atoms with Crippen LogP contribution >= 0.6 is 0 Å². The number of benzene rings is 1. The van der Waals surface area contributed by atoms with Gasteiger partial charge in [0.15, 0.2) is 0 Å². The Hall–Kier alpha value is -2.11. The molecule has 1 aromatic carbocycles. The fourth-order valence-electron chi connectivity index (χ4n) is 3.40. The number of rotatable bonds is 7. The largest absolute Gasteiger partial charge is 0.465 e. The van der Waals surface area contributed by atoms with Crippen LogP contribution in [0, 0.1) is 6.92 Å². The molecular formula is C20H26N2O3. The molecule has 2 aromatic rings. The lowest BCUT2D eigenvalue weighted by Crippen LogP contribution is -2.37. The summed E-state index contributed by atoms with van der Waals surface area (Å²) in [5.74, 6) is 1.75. The number of furan rings is 1. The van der Waals surface area contributed by atoms with Crippen LogP contribution < -0.4 is 5.32 Å². The summed E-state index contributed by atoms with van der Waals surface area (Å²) in [6, 6.07) is 11.6. The molecule has 1 amide bonds. The van der Waals surface area contributed by atoms with Gasteiger partial charge in [0.1, 0.15) is 11.5 Å². The second-order valence-electron chi connectivity index (χ2n) is 6.51. The molecule has 25 heavy (non-hydrogen) atoms. The first-order chi connectivity index (χ1) is 12.2. The van der Waals surface area contributed by atoms with Gasteiger partial charge in [-0.1, -0.05) is 18.2 Å². The number of likely N-dealkylation sites (tertiary alicyclic amines) is 1. The number of amides is 1. The summed E-state index contributed by atoms with van der Waals surface area (Å²) < 4.78 is 11.0. The summed E-state index contributed by atoms with van der Waals surface area (Å²) in [4.78, 5) is 15.1. The van der Waals surface area contributed by atoms with Gasteiger partial charge in [0, 0.05) is 19.2 Å². The Kier molecular flexibility index (Phi) is 5.89. The second kappa shape index (κ2) is 8.32. The first kappa shape index (κ1) is 17.7. The van der Waals surface area contributed by atoms with Gasteiger partial charge in [-0.15, -0.1) is 0 Å². The van der Waals surface area contributed by atoms with Crippen LogP contribution in [0.3, 0.4) is 0 Å². The highest BCUT2D eigenvalue weighted by atomic mass is 16.5. The molecule has 3 rings (SSSR count). The number of hydrogen-bond donors (Lipinski definition) is 1. The monoisotopic (exact) mass is 342 g/mol. The van der Waals surface area contributed by atoms with Crippen LogP contribution in [0.15, 0.2) is 40.8 Å². The molecule has 1 saturated heterocycles. The lowest BCUT2D eigenvalue weighted by Gasteiger charge is -2.26. The molecular weight excluding hydrogens is 316 g/mol. The van der Waals surface area contributed by atoms with Crippen molar-refractivity contribution in [2.24, 2.45) is 0 Å². The average Bonchev–Trinajstić information content (AvgIpc) is 3.28. The minimum Gasteiger partial charge on any atom is -0.465 e. The quantitative estimate of drug-likeness (QED) is 0.839. The zero-order valence-electron chi connectivity index (χ0n) is 15.0. The van der Waals surface area contributed by atoms with Crippen molar-refractivity contribution >= 4 is 5.91 Å². The minimum atomic E-state index is -0.0693. The van der Waals surface area contributed by atoms with Crippen LogP contribution in [0.2, 0.25) is 0 Å². The predicted molar refractivity (Wildman–Crippen MR) is 96.5 cm³/mol. The van der Waals surface area contributed by atoms with Crippen molar-refractivity contribution < 1.29 is 13.9 Å². The van der Waals surface area contributed by atoms with E-state index >= 15 is 0 Å². The van der Waals surface area contributed by atoms with Crippen molar-refractivity contribution in [1.82, 2.24) is 10.2 Å². The van der Waals surface area contributed by atoms with Gasteiger partial charge in [-0.25, -0.2) is 0 Å². The van der Waals surface area contributed by atoms with E-state index in [1.807, 2.05) is 43.3 Å². The van der Waals surface area contributed by atoms with E-state index in [0.29, 0.717) is 18.7 Å². The van der Waals surface area contributed by atoms with Crippen molar-refractivity contribution in [2.45, 2.75) is 32.4 Å². The Morgan fingerprint density at radius 3 is 2.68 bits per heavy atom. The molecule has 5 nitrogen and oxygen atoms in total. The lowest BCUT2D eigenvalue weighted by molar-refractivity contribution is 0.0929. The van der Waals surface area contributed by atoms with Gasteiger partial charge in [-0.05, 0) is 56.6 Å². The molecule has 1 atom stereocenters. The molecule has 0 radical (unpaired) electrons. The number of aryl methyl sites for hydroxylation is 1. The molecule has 0 saturated carbocycles. The Bertz CT molecular complexity index is 704. The first-order valence-electron chi connectivity index (χ1n) is 8.84. The summed E-state index contributed by atoms with van der Waals surface area (Å²) in [5.41, 5.74) is 1.56. The van der Waals surface area contributed by atoms with Gasteiger partial charge in [-0.2, -0.15) is 0 Å². The zero-order chi connectivity index (χ0) is 17.6. The Labute approximate surface area is 149 Å². The highest BCUT2D eigenvalue weighted by molar-refractivity contribution is 5.95. The third-order valence-corrected chi connectivity index (χ3v) is 4.69. The summed E-state index contributed by atoms with van der Waals surface area (Å²) >= 11 is 0. The number of nitrogens with one attached hydrogen (secondary N) is 1. The van der Waals surface area contributed by atoms with Crippen LogP contribution in [0.5, 0.6) is 0 Å². The van der Waals surface area contributed by atoms with Gasteiger partial charge < -0.3 is 14.5 Å². The topological polar surface area (TPSA) is 54.7 Å².